The van der Waals surface area contributed by atoms with Gasteiger partial charge >= 0.3 is 0 Å². The van der Waals surface area contributed by atoms with Crippen LogP contribution in [0.2, 0.25) is 0 Å². The maximum absolute atomic E-state index is 8.40. The Labute approximate surface area is 161 Å². The zero-order valence-corrected chi connectivity index (χ0v) is 15.6. The molecule has 0 aliphatic carbocycles. The van der Waals surface area contributed by atoms with E-state index in [2.05, 4.69) is 31.5 Å². The van der Waals surface area contributed by atoms with Gasteiger partial charge in [0.1, 0.15) is 5.04 Å². The van der Waals surface area contributed by atoms with Gasteiger partial charge in [-0.05, 0) is 42.1 Å². The van der Waals surface area contributed by atoms with Crippen LogP contribution in [-0.2, 0) is 0 Å². The molecule has 1 fully saturated rings. The van der Waals surface area contributed by atoms with Crippen molar-refractivity contribution in [2.45, 2.75) is 0 Å². The van der Waals surface area contributed by atoms with Crippen LogP contribution < -0.4 is 16.0 Å². The quantitative estimate of drug-likeness (QED) is 0.413. The average molecular weight is 379 g/mol. The maximum atomic E-state index is 8.40. The molecular weight excluding hydrogens is 358 g/mol. The molecule has 0 atom stereocenters. The molecule has 1 saturated heterocycles. The van der Waals surface area contributed by atoms with Crippen molar-refractivity contribution < 1.29 is 0 Å². The molecule has 3 aromatic rings. The summed E-state index contributed by atoms with van der Waals surface area (Å²) in [5.74, 6) is 0. The number of H-pyrrole nitrogens is 1. The van der Waals surface area contributed by atoms with Crippen LogP contribution in [-0.4, -0.2) is 46.6 Å². The number of fused-ring (bicyclic) bond motifs is 1. The number of hydrogen-bond donors (Lipinski definition) is 4. The monoisotopic (exact) mass is 379 g/mol. The molecule has 4 rings (SSSR count). The standard InChI is InChI=1S/C19H21N7S/c20-18(13-2-1-3-16(11-13)26-8-6-22-7-9-26)27-19(21)24-15-4-5-17-14(10-15)12-23-25-17/h1-5,10-12,20,22H,6-9H2,(H2,21,24)(H,23,25). The van der Waals surface area contributed by atoms with Gasteiger partial charge in [-0.2, -0.15) is 5.10 Å². The zero-order chi connectivity index (χ0) is 18.6. The van der Waals surface area contributed by atoms with E-state index in [-0.39, 0.29) is 0 Å². The number of aromatic amines is 1. The molecule has 1 aliphatic heterocycles. The Kier molecular flexibility index (Phi) is 5.08. The number of aliphatic imine (C=N–C) groups is 1. The van der Waals surface area contributed by atoms with Crippen molar-refractivity contribution >= 4 is 44.3 Å². The highest BCUT2D eigenvalue weighted by atomic mass is 32.2. The molecule has 0 unspecified atom stereocenters. The zero-order valence-electron chi connectivity index (χ0n) is 14.8. The molecule has 0 spiro atoms. The fraction of sp³-hybridized carbons (Fsp3) is 0.211. The van der Waals surface area contributed by atoms with Crippen LogP contribution >= 0.6 is 11.8 Å². The van der Waals surface area contributed by atoms with E-state index < -0.39 is 0 Å². The van der Waals surface area contributed by atoms with E-state index in [0.717, 1.165) is 54.0 Å². The summed E-state index contributed by atoms with van der Waals surface area (Å²) in [6.07, 6.45) is 1.75. The fourth-order valence-electron chi connectivity index (χ4n) is 3.08. The van der Waals surface area contributed by atoms with Crippen molar-refractivity contribution in [2.24, 2.45) is 10.7 Å². The van der Waals surface area contributed by atoms with E-state index in [1.807, 2.05) is 36.4 Å². The molecule has 27 heavy (non-hydrogen) atoms. The summed E-state index contributed by atoms with van der Waals surface area (Å²) in [4.78, 5) is 6.75. The van der Waals surface area contributed by atoms with E-state index >= 15 is 0 Å². The number of aromatic nitrogens is 2. The van der Waals surface area contributed by atoms with Crippen LogP contribution in [0.4, 0.5) is 11.4 Å². The van der Waals surface area contributed by atoms with Gasteiger partial charge < -0.3 is 16.0 Å². The van der Waals surface area contributed by atoms with Crippen LogP contribution in [0.25, 0.3) is 10.9 Å². The second-order valence-corrected chi connectivity index (χ2v) is 7.34. The minimum absolute atomic E-state index is 0.343. The second-order valence-electron chi connectivity index (χ2n) is 6.31. The smallest absolute Gasteiger partial charge is 0.165 e. The lowest BCUT2D eigenvalue weighted by Crippen LogP contribution is -2.43. The summed E-state index contributed by atoms with van der Waals surface area (Å²) < 4.78 is 0. The van der Waals surface area contributed by atoms with Crippen molar-refractivity contribution in [3.05, 3.63) is 54.2 Å². The molecule has 5 N–H and O–H groups in total. The number of thioether (sulfide) groups is 1. The highest BCUT2D eigenvalue weighted by Gasteiger charge is 2.12. The van der Waals surface area contributed by atoms with Crippen molar-refractivity contribution in [3.8, 4) is 0 Å². The Balaban J connectivity index is 1.47. The number of anilines is 1. The summed E-state index contributed by atoms with van der Waals surface area (Å²) in [5.41, 5.74) is 9.76. The molecule has 7 nitrogen and oxygen atoms in total. The Hall–Kier alpha value is -2.84. The number of nitrogens with two attached hydrogens (primary N) is 1. The van der Waals surface area contributed by atoms with Gasteiger partial charge in [0.25, 0.3) is 0 Å². The Bertz CT molecular complexity index is 988. The molecule has 1 aromatic heterocycles. The van der Waals surface area contributed by atoms with Crippen molar-refractivity contribution in [1.82, 2.24) is 15.5 Å². The molecule has 2 heterocycles. The molecule has 0 saturated carbocycles. The first kappa shape index (κ1) is 17.6. The first-order valence-corrected chi connectivity index (χ1v) is 9.60. The summed E-state index contributed by atoms with van der Waals surface area (Å²) in [7, 11) is 0. The number of amidine groups is 1. The molecular formula is C19H21N7S. The van der Waals surface area contributed by atoms with E-state index in [1.54, 1.807) is 6.20 Å². The van der Waals surface area contributed by atoms with E-state index in [4.69, 9.17) is 11.1 Å². The van der Waals surface area contributed by atoms with Crippen molar-refractivity contribution in [2.75, 3.05) is 31.1 Å². The average Bonchev–Trinajstić information content (AvgIpc) is 3.16. The fourth-order valence-corrected chi connectivity index (χ4v) is 3.69. The maximum Gasteiger partial charge on any atom is 0.165 e. The number of nitrogens with one attached hydrogen (secondary N) is 3. The van der Waals surface area contributed by atoms with Gasteiger partial charge in [0.05, 0.1) is 17.4 Å². The molecule has 0 radical (unpaired) electrons. The topological polar surface area (TPSA) is 106 Å². The molecule has 0 amide bonds. The normalized spacial score (nSPS) is 15.3. The second kappa shape index (κ2) is 7.81. The van der Waals surface area contributed by atoms with Gasteiger partial charge in [0.2, 0.25) is 0 Å². The highest BCUT2D eigenvalue weighted by molar-refractivity contribution is 8.26. The van der Waals surface area contributed by atoms with Crippen LogP contribution in [0, 0.1) is 5.41 Å². The third-order valence-electron chi connectivity index (χ3n) is 4.46. The molecule has 0 bridgehead atoms. The van der Waals surface area contributed by atoms with Crippen LogP contribution in [0.3, 0.4) is 0 Å². The van der Waals surface area contributed by atoms with Crippen molar-refractivity contribution in [1.29, 1.82) is 5.41 Å². The van der Waals surface area contributed by atoms with Crippen LogP contribution in [0.15, 0.2) is 53.7 Å². The Morgan fingerprint density at radius 3 is 2.89 bits per heavy atom. The summed E-state index contributed by atoms with van der Waals surface area (Å²) in [6, 6.07) is 13.8. The third-order valence-corrected chi connectivity index (χ3v) is 5.20. The summed E-state index contributed by atoms with van der Waals surface area (Å²) >= 11 is 1.17. The molecule has 138 valence electrons. The van der Waals surface area contributed by atoms with E-state index in [0.29, 0.717) is 10.2 Å². The van der Waals surface area contributed by atoms with E-state index in [9.17, 15) is 0 Å². The first-order chi connectivity index (χ1) is 13.2. The predicted molar refractivity (Wildman–Crippen MR) is 113 cm³/mol. The van der Waals surface area contributed by atoms with Gasteiger partial charge in [-0.25, -0.2) is 4.99 Å². The Morgan fingerprint density at radius 1 is 1.19 bits per heavy atom. The molecule has 1 aliphatic rings. The van der Waals surface area contributed by atoms with Gasteiger partial charge in [-0.1, -0.05) is 12.1 Å². The van der Waals surface area contributed by atoms with Crippen molar-refractivity contribution in [3.63, 3.8) is 0 Å². The summed E-state index contributed by atoms with van der Waals surface area (Å²) in [6.45, 7) is 3.92. The lowest BCUT2D eigenvalue weighted by Gasteiger charge is -2.29. The highest BCUT2D eigenvalue weighted by Crippen LogP contribution is 2.23. The molecule has 8 heteroatoms. The van der Waals surface area contributed by atoms with Gasteiger partial charge in [-0.3, -0.25) is 10.5 Å². The van der Waals surface area contributed by atoms with Gasteiger partial charge in [0, 0.05) is 42.8 Å². The number of benzene rings is 2. The Morgan fingerprint density at radius 2 is 2.04 bits per heavy atom. The number of piperazine rings is 1. The van der Waals surface area contributed by atoms with Crippen LogP contribution in [0.1, 0.15) is 5.56 Å². The summed E-state index contributed by atoms with van der Waals surface area (Å²) in [5, 5.41) is 20.4. The lowest BCUT2D eigenvalue weighted by atomic mass is 10.2. The van der Waals surface area contributed by atoms with Crippen LogP contribution in [0.5, 0.6) is 0 Å². The predicted octanol–water partition coefficient (Wildman–Crippen LogP) is 2.68. The lowest BCUT2D eigenvalue weighted by molar-refractivity contribution is 0.589. The van der Waals surface area contributed by atoms with E-state index in [1.165, 1.54) is 11.8 Å². The SMILES string of the molecule is N=C(SC(N)=Nc1ccc2[nH]ncc2c1)c1cccc(N2CCNCC2)c1. The minimum Gasteiger partial charge on any atom is -0.378 e. The minimum atomic E-state index is 0.343. The number of nitrogens with zero attached hydrogens (tertiary/aromatic N) is 3. The third kappa shape index (κ3) is 4.12. The van der Waals surface area contributed by atoms with Gasteiger partial charge in [0.15, 0.2) is 5.17 Å². The number of rotatable bonds is 3. The van der Waals surface area contributed by atoms with Gasteiger partial charge in [-0.15, -0.1) is 0 Å². The first-order valence-electron chi connectivity index (χ1n) is 8.79. The molecule has 2 aromatic carbocycles. The number of hydrogen-bond acceptors (Lipinski definition) is 6. The largest absolute Gasteiger partial charge is 0.378 e.